The maximum absolute atomic E-state index is 11.4. The first-order valence-electron chi connectivity index (χ1n) is 5.95. The standard InChI is InChI=1S/C11H11ClN4O3S/c1-2-11(10(17)18)19-6(3-20-11)16-5-15-9-7(16)8(12)13-4-14-9/h4-6H,2-3H2,1H3,(H,17,18). The summed E-state index contributed by atoms with van der Waals surface area (Å²) in [5, 5.41) is 9.59. The summed E-state index contributed by atoms with van der Waals surface area (Å²) in [7, 11) is 0. The van der Waals surface area contributed by atoms with Crippen molar-refractivity contribution in [1.82, 2.24) is 19.5 Å². The van der Waals surface area contributed by atoms with E-state index in [1.165, 1.54) is 18.1 Å². The molecule has 1 fully saturated rings. The lowest BCUT2D eigenvalue weighted by Crippen LogP contribution is -2.34. The van der Waals surface area contributed by atoms with Crippen LogP contribution in [-0.4, -0.2) is 41.3 Å². The molecule has 0 bridgehead atoms. The maximum atomic E-state index is 11.4. The first-order valence-corrected chi connectivity index (χ1v) is 7.32. The van der Waals surface area contributed by atoms with Crippen LogP contribution in [0.25, 0.3) is 11.2 Å². The van der Waals surface area contributed by atoms with E-state index in [9.17, 15) is 9.90 Å². The summed E-state index contributed by atoms with van der Waals surface area (Å²) in [4.78, 5) is 22.2. The second-order valence-corrected chi connectivity index (χ2v) is 5.92. The van der Waals surface area contributed by atoms with Gasteiger partial charge in [0.05, 0.1) is 6.33 Å². The second kappa shape index (κ2) is 4.87. The number of hydrogen-bond acceptors (Lipinski definition) is 6. The molecular formula is C11H11ClN4O3S. The van der Waals surface area contributed by atoms with Crippen molar-refractivity contribution < 1.29 is 14.6 Å². The van der Waals surface area contributed by atoms with E-state index < -0.39 is 17.1 Å². The average Bonchev–Trinajstić information content (AvgIpc) is 3.03. The Hall–Kier alpha value is -1.38. The van der Waals surface area contributed by atoms with Crippen molar-refractivity contribution in [1.29, 1.82) is 0 Å². The summed E-state index contributed by atoms with van der Waals surface area (Å²) in [6.45, 7) is 1.78. The van der Waals surface area contributed by atoms with Crippen LogP contribution in [0.3, 0.4) is 0 Å². The third kappa shape index (κ3) is 1.95. The lowest BCUT2D eigenvalue weighted by Gasteiger charge is -2.22. The summed E-state index contributed by atoms with van der Waals surface area (Å²) >= 11 is 7.32. The number of thioether (sulfide) groups is 1. The first kappa shape index (κ1) is 13.6. The van der Waals surface area contributed by atoms with Crippen molar-refractivity contribution in [3.05, 3.63) is 17.8 Å². The number of imidazole rings is 1. The zero-order valence-electron chi connectivity index (χ0n) is 10.5. The summed E-state index contributed by atoms with van der Waals surface area (Å²) in [5.74, 6) is -0.476. The third-order valence-electron chi connectivity index (χ3n) is 3.21. The van der Waals surface area contributed by atoms with Crippen LogP contribution in [0.5, 0.6) is 0 Å². The van der Waals surface area contributed by atoms with Crippen molar-refractivity contribution >= 4 is 40.5 Å². The van der Waals surface area contributed by atoms with Gasteiger partial charge in [-0.2, -0.15) is 0 Å². The Kier molecular flexibility index (Phi) is 3.31. The number of aromatic nitrogens is 4. The monoisotopic (exact) mass is 314 g/mol. The molecule has 2 aromatic heterocycles. The lowest BCUT2D eigenvalue weighted by atomic mass is 10.3. The minimum atomic E-state index is -1.22. The van der Waals surface area contributed by atoms with Crippen molar-refractivity contribution in [2.24, 2.45) is 0 Å². The van der Waals surface area contributed by atoms with E-state index in [2.05, 4.69) is 15.0 Å². The number of ether oxygens (including phenoxy) is 1. The molecule has 1 aliphatic rings. The van der Waals surface area contributed by atoms with Crippen molar-refractivity contribution in [3.8, 4) is 0 Å². The van der Waals surface area contributed by atoms with Crippen LogP contribution in [-0.2, 0) is 9.53 Å². The van der Waals surface area contributed by atoms with Gasteiger partial charge in [-0.1, -0.05) is 18.5 Å². The van der Waals surface area contributed by atoms with Crippen molar-refractivity contribution in [2.45, 2.75) is 24.5 Å². The van der Waals surface area contributed by atoms with Crippen molar-refractivity contribution in [2.75, 3.05) is 5.75 Å². The molecule has 2 unspecified atom stereocenters. The van der Waals surface area contributed by atoms with Gasteiger partial charge < -0.3 is 9.84 Å². The van der Waals surface area contributed by atoms with Gasteiger partial charge in [-0.15, -0.1) is 11.8 Å². The van der Waals surface area contributed by atoms with Crippen LogP contribution in [0.15, 0.2) is 12.7 Å². The smallest absolute Gasteiger partial charge is 0.346 e. The Balaban J connectivity index is 2.00. The Morgan fingerprint density at radius 3 is 3.10 bits per heavy atom. The van der Waals surface area contributed by atoms with Gasteiger partial charge in [0.25, 0.3) is 0 Å². The molecule has 0 aliphatic carbocycles. The molecule has 0 aromatic carbocycles. The molecule has 1 aliphatic heterocycles. The number of fused-ring (bicyclic) bond motifs is 1. The van der Waals surface area contributed by atoms with E-state index in [-0.39, 0.29) is 5.15 Å². The average molecular weight is 315 g/mol. The quantitative estimate of drug-likeness (QED) is 0.866. The zero-order valence-corrected chi connectivity index (χ0v) is 12.1. The minimum Gasteiger partial charge on any atom is -0.478 e. The number of carbonyl (C=O) groups is 1. The Morgan fingerprint density at radius 2 is 2.45 bits per heavy atom. The van der Waals surface area contributed by atoms with Gasteiger partial charge in [0, 0.05) is 5.75 Å². The molecule has 7 nitrogen and oxygen atoms in total. The predicted molar refractivity (Wildman–Crippen MR) is 73.6 cm³/mol. The van der Waals surface area contributed by atoms with E-state index in [1.807, 2.05) is 0 Å². The molecule has 3 heterocycles. The number of hydrogen-bond donors (Lipinski definition) is 1. The number of aliphatic carboxylic acids is 1. The van der Waals surface area contributed by atoms with Gasteiger partial charge in [0.2, 0.25) is 4.93 Å². The van der Waals surface area contributed by atoms with E-state index in [4.69, 9.17) is 16.3 Å². The summed E-state index contributed by atoms with van der Waals surface area (Å²) < 4.78 is 7.42. The van der Waals surface area contributed by atoms with Gasteiger partial charge in [0.1, 0.15) is 18.1 Å². The van der Waals surface area contributed by atoms with Crippen LogP contribution in [0.4, 0.5) is 0 Å². The number of nitrogens with zero attached hydrogens (tertiary/aromatic N) is 4. The van der Waals surface area contributed by atoms with E-state index in [0.29, 0.717) is 23.3 Å². The molecule has 0 radical (unpaired) electrons. The van der Waals surface area contributed by atoms with Crippen LogP contribution >= 0.6 is 23.4 Å². The van der Waals surface area contributed by atoms with Gasteiger partial charge >= 0.3 is 5.97 Å². The van der Waals surface area contributed by atoms with E-state index in [0.717, 1.165) is 0 Å². The number of rotatable bonds is 3. The largest absolute Gasteiger partial charge is 0.478 e. The molecular weight excluding hydrogens is 304 g/mol. The molecule has 0 amide bonds. The van der Waals surface area contributed by atoms with Crippen LogP contribution in [0.2, 0.25) is 5.15 Å². The molecule has 0 saturated carbocycles. The van der Waals surface area contributed by atoms with E-state index in [1.54, 1.807) is 17.8 Å². The molecule has 106 valence electrons. The van der Waals surface area contributed by atoms with Crippen molar-refractivity contribution in [3.63, 3.8) is 0 Å². The predicted octanol–water partition coefficient (Wildman–Crippen LogP) is 1.93. The van der Waals surface area contributed by atoms with Gasteiger partial charge in [-0.25, -0.2) is 19.7 Å². The highest BCUT2D eigenvalue weighted by Crippen LogP contribution is 2.44. The maximum Gasteiger partial charge on any atom is 0.346 e. The fourth-order valence-corrected chi connectivity index (χ4v) is 3.51. The molecule has 3 rings (SSSR count). The van der Waals surface area contributed by atoms with Crippen LogP contribution in [0.1, 0.15) is 19.6 Å². The number of halogens is 1. The second-order valence-electron chi connectivity index (χ2n) is 4.28. The lowest BCUT2D eigenvalue weighted by molar-refractivity contribution is -0.159. The molecule has 20 heavy (non-hydrogen) atoms. The fraction of sp³-hybridized carbons (Fsp3) is 0.455. The Morgan fingerprint density at radius 1 is 1.65 bits per heavy atom. The van der Waals surface area contributed by atoms with Gasteiger partial charge in [-0.3, -0.25) is 4.57 Å². The van der Waals surface area contributed by atoms with E-state index >= 15 is 0 Å². The Labute approximate surface area is 123 Å². The third-order valence-corrected chi connectivity index (χ3v) is 4.96. The topological polar surface area (TPSA) is 90.1 Å². The SMILES string of the molecule is CCC1(C(=O)O)OC(n2cnc3ncnc(Cl)c32)CS1. The summed E-state index contributed by atoms with van der Waals surface area (Å²) in [6.07, 6.45) is 2.80. The summed E-state index contributed by atoms with van der Waals surface area (Å²) in [6, 6.07) is 0. The normalized spacial score (nSPS) is 26.2. The van der Waals surface area contributed by atoms with Gasteiger partial charge in [-0.05, 0) is 6.42 Å². The number of carboxylic acids is 1. The zero-order chi connectivity index (χ0) is 14.3. The van der Waals surface area contributed by atoms with Gasteiger partial charge in [0.15, 0.2) is 10.8 Å². The highest BCUT2D eigenvalue weighted by atomic mass is 35.5. The molecule has 2 aromatic rings. The van der Waals surface area contributed by atoms with Crippen LogP contribution < -0.4 is 0 Å². The molecule has 1 N–H and O–H groups in total. The number of carboxylic acid groups (broad SMARTS) is 1. The Bertz CT molecular complexity index is 679. The molecule has 2 atom stereocenters. The molecule has 1 saturated heterocycles. The molecule has 0 spiro atoms. The minimum absolute atomic E-state index is 0.269. The fourth-order valence-electron chi connectivity index (χ4n) is 2.14. The van der Waals surface area contributed by atoms with Crippen LogP contribution in [0, 0.1) is 0 Å². The first-order chi connectivity index (χ1) is 9.57. The molecule has 9 heteroatoms. The highest BCUT2D eigenvalue weighted by molar-refractivity contribution is 8.01. The highest BCUT2D eigenvalue weighted by Gasteiger charge is 2.47. The summed E-state index contributed by atoms with van der Waals surface area (Å²) in [5.41, 5.74) is 1.01.